The van der Waals surface area contributed by atoms with Gasteiger partial charge in [-0.1, -0.05) is 24.3 Å². The van der Waals surface area contributed by atoms with E-state index in [1.165, 1.54) is 24.3 Å². The second-order valence-corrected chi connectivity index (χ2v) is 7.60. The highest BCUT2D eigenvalue weighted by Crippen LogP contribution is 2.27. The molecule has 0 heterocycles. The fourth-order valence-electron chi connectivity index (χ4n) is 1.99. The summed E-state index contributed by atoms with van der Waals surface area (Å²) in [6, 6.07) is 7.53. The molecule has 2 rings (SSSR count). The number of hydrogen-bond acceptors (Lipinski definition) is 6. The minimum absolute atomic E-state index is 0.0233. The molecule has 8 nitrogen and oxygen atoms in total. The summed E-state index contributed by atoms with van der Waals surface area (Å²) in [5, 5.41) is 0.0465. The van der Waals surface area contributed by atoms with Gasteiger partial charge in [-0.2, -0.15) is 16.8 Å². The minimum Gasteiger partial charge on any atom is -0.303 e. The predicted octanol–water partition coefficient (Wildman–Crippen LogP) is 1.89. The van der Waals surface area contributed by atoms with Crippen LogP contribution < -0.4 is 0 Å². The van der Waals surface area contributed by atoms with Crippen LogP contribution in [0.4, 0.5) is 0 Å². The van der Waals surface area contributed by atoms with Crippen LogP contribution in [0.1, 0.15) is 19.3 Å². The smallest absolute Gasteiger partial charge is 0.295 e. The van der Waals surface area contributed by atoms with Gasteiger partial charge in [0.2, 0.25) is 0 Å². The Morgan fingerprint density at radius 2 is 1.08 bits per heavy atom. The molecule has 0 aliphatic heterocycles. The molecule has 0 aliphatic carbocycles. The van der Waals surface area contributed by atoms with E-state index in [2.05, 4.69) is 0 Å². The van der Waals surface area contributed by atoms with Crippen molar-refractivity contribution >= 4 is 43.6 Å². The third-order valence-corrected chi connectivity index (χ3v) is 4.87. The van der Waals surface area contributed by atoms with E-state index < -0.39 is 30.0 Å². The van der Waals surface area contributed by atoms with Crippen molar-refractivity contribution in [1.82, 2.24) is 0 Å². The Kier molecular flexibility index (Phi) is 7.37. The van der Waals surface area contributed by atoms with Crippen LogP contribution in [0.15, 0.2) is 46.2 Å². The number of aldehydes is 2. The number of carbonyl (C=O) groups is 2. The third kappa shape index (κ3) is 6.02. The van der Waals surface area contributed by atoms with Crippen molar-refractivity contribution in [3.8, 4) is 0 Å². The molecule has 0 atom stereocenters. The zero-order valence-electron chi connectivity index (χ0n) is 12.9. The lowest BCUT2D eigenvalue weighted by atomic mass is 10.1. The summed E-state index contributed by atoms with van der Waals surface area (Å²) in [7, 11) is -8.94. The molecule has 0 spiro atoms. The van der Waals surface area contributed by atoms with Crippen LogP contribution >= 0.6 is 0 Å². The number of benzene rings is 2. The van der Waals surface area contributed by atoms with Gasteiger partial charge < -0.3 is 9.59 Å². The lowest BCUT2D eigenvalue weighted by molar-refractivity contribution is -0.108. The fourth-order valence-corrected chi connectivity index (χ4v) is 3.40. The lowest BCUT2D eigenvalue weighted by Crippen LogP contribution is -2.02. The standard InChI is InChI=1S/C10H8O6S2.C5H8O2/c11-17(12,13)9-5-1-3-7-8(9)4-2-6-10(7)18(14,15)16;6-4-2-1-3-5-7/h1-6H,(H,11,12,13)(H,14,15,16);4-5H,1-3H2. The fraction of sp³-hybridized carbons (Fsp3) is 0.200. The molecule has 0 radical (unpaired) electrons. The summed E-state index contributed by atoms with van der Waals surface area (Å²) >= 11 is 0. The van der Waals surface area contributed by atoms with Crippen molar-refractivity contribution in [3.05, 3.63) is 36.4 Å². The molecule has 136 valence electrons. The van der Waals surface area contributed by atoms with E-state index in [-0.39, 0.29) is 10.8 Å². The van der Waals surface area contributed by atoms with E-state index in [4.69, 9.17) is 9.11 Å². The number of hydrogen-bond donors (Lipinski definition) is 2. The maximum atomic E-state index is 11.2. The van der Waals surface area contributed by atoms with Crippen LogP contribution in [0.5, 0.6) is 0 Å². The topological polar surface area (TPSA) is 143 Å². The van der Waals surface area contributed by atoms with Crippen LogP contribution in [0, 0.1) is 0 Å². The zero-order chi connectivity index (χ0) is 19.1. The molecule has 0 amide bonds. The Labute approximate surface area is 145 Å². The molecule has 0 unspecified atom stereocenters. The summed E-state index contributed by atoms with van der Waals surface area (Å²) in [5.74, 6) is 0. The molecule has 0 bridgehead atoms. The molecule has 10 heteroatoms. The Morgan fingerprint density at radius 1 is 0.720 bits per heavy atom. The number of fused-ring (bicyclic) bond motifs is 1. The van der Waals surface area contributed by atoms with E-state index >= 15 is 0 Å². The van der Waals surface area contributed by atoms with Crippen molar-refractivity contribution in [1.29, 1.82) is 0 Å². The Hall–Kier alpha value is -2.14. The summed E-state index contributed by atoms with van der Waals surface area (Å²) < 4.78 is 62.7. The van der Waals surface area contributed by atoms with Gasteiger partial charge in [-0.15, -0.1) is 0 Å². The molecule has 2 N–H and O–H groups in total. The van der Waals surface area contributed by atoms with E-state index in [1.807, 2.05) is 0 Å². The first-order chi connectivity index (χ1) is 11.6. The SMILES string of the molecule is O=CCCCC=O.O=S(=O)(O)c1cccc2c(S(=O)(=O)O)cccc12. The normalized spacial score (nSPS) is 11.4. The predicted molar refractivity (Wildman–Crippen MR) is 89.6 cm³/mol. The van der Waals surface area contributed by atoms with Gasteiger partial charge in [0.05, 0.1) is 0 Å². The van der Waals surface area contributed by atoms with Gasteiger partial charge in [-0.05, 0) is 18.6 Å². The molecular formula is C15H16O8S2. The van der Waals surface area contributed by atoms with Crippen molar-refractivity contribution in [3.63, 3.8) is 0 Å². The van der Waals surface area contributed by atoms with Gasteiger partial charge in [-0.25, -0.2) is 0 Å². The molecule has 25 heavy (non-hydrogen) atoms. The lowest BCUT2D eigenvalue weighted by Gasteiger charge is -2.06. The van der Waals surface area contributed by atoms with Gasteiger partial charge in [0.1, 0.15) is 22.4 Å². The summed E-state index contributed by atoms with van der Waals surface area (Å²) in [6.45, 7) is 0. The molecule has 2 aromatic carbocycles. The van der Waals surface area contributed by atoms with E-state index in [0.29, 0.717) is 19.3 Å². The van der Waals surface area contributed by atoms with Crippen molar-refractivity contribution in [2.45, 2.75) is 29.1 Å². The summed E-state index contributed by atoms with van der Waals surface area (Å²) in [5.41, 5.74) is 0. The van der Waals surface area contributed by atoms with E-state index in [9.17, 15) is 26.4 Å². The Balaban J connectivity index is 0.000000381. The second-order valence-electron chi connectivity index (χ2n) is 4.82. The average Bonchev–Trinajstić information content (AvgIpc) is 2.53. The Bertz CT molecular complexity index is 883. The van der Waals surface area contributed by atoms with Gasteiger partial charge in [0.25, 0.3) is 20.2 Å². The van der Waals surface area contributed by atoms with Crippen LogP contribution in [-0.4, -0.2) is 38.5 Å². The van der Waals surface area contributed by atoms with Crippen LogP contribution in [-0.2, 0) is 29.8 Å². The highest BCUT2D eigenvalue weighted by Gasteiger charge is 2.18. The number of carbonyl (C=O) groups excluding carboxylic acids is 2. The van der Waals surface area contributed by atoms with E-state index in [1.54, 1.807) is 0 Å². The molecular weight excluding hydrogens is 372 g/mol. The molecule has 0 saturated carbocycles. The molecule has 0 fully saturated rings. The first-order valence-electron chi connectivity index (χ1n) is 6.97. The van der Waals surface area contributed by atoms with Gasteiger partial charge in [-0.3, -0.25) is 9.11 Å². The molecule has 0 saturated heterocycles. The van der Waals surface area contributed by atoms with Crippen molar-refractivity contribution in [2.75, 3.05) is 0 Å². The summed E-state index contributed by atoms with van der Waals surface area (Å²) in [4.78, 5) is 18.3. The minimum atomic E-state index is -4.47. The number of rotatable bonds is 6. The van der Waals surface area contributed by atoms with Gasteiger partial charge >= 0.3 is 0 Å². The van der Waals surface area contributed by atoms with Crippen LogP contribution in [0.2, 0.25) is 0 Å². The largest absolute Gasteiger partial charge is 0.303 e. The third-order valence-electron chi connectivity index (χ3n) is 3.04. The van der Waals surface area contributed by atoms with Gasteiger partial charge in [0.15, 0.2) is 0 Å². The first-order valence-corrected chi connectivity index (χ1v) is 9.85. The van der Waals surface area contributed by atoms with Crippen molar-refractivity contribution in [2.24, 2.45) is 0 Å². The monoisotopic (exact) mass is 388 g/mol. The van der Waals surface area contributed by atoms with Gasteiger partial charge in [0, 0.05) is 23.6 Å². The maximum Gasteiger partial charge on any atom is 0.295 e. The average molecular weight is 388 g/mol. The highest BCUT2D eigenvalue weighted by molar-refractivity contribution is 7.86. The first kappa shape index (κ1) is 20.9. The maximum absolute atomic E-state index is 11.2. The second kappa shape index (κ2) is 8.81. The van der Waals surface area contributed by atoms with E-state index in [0.717, 1.165) is 24.7 Å². The quantitative estimate of drug-likeness (QED) is 0.434. The number of unbranched alkanes of at least 4 members (excludes halogenated alkanes) is 2. The van der Waals surface area contributed by atoms with Crippen LogP contribution in [0.25, 0.3) is 10.8 Å². The Morgan fingerprint density at radius 3 is 1.36 bits per heavy atom. The summed E-state index contributed by atoms with van der Waals surface area (Å²) in [6.07, 6.45) is 3.37. The van der Waals surface area contributed by atoms with Crippen LogP contribution in [0.3, 0.4) is 0 Å². The molecule has 0 aliphatic rings. The highest BCUT2D eigenvalue weighted by atomic mass is 32.2. The van der Waals surface area contributed by atoms with Crippen molar-refractivity contribution < 1.29 is 35.5 Å². The molecule has 2 aromatic rings. The zero-order valence-corrected chi connectivity index (χ0v) is 14.5. The molecule has 0 aromatic heterocycles.